The summed E-state index contributed by atoms with van der Waals surface area (Å²) in [5, 5.41) is 29.8. The first kappa shape index (κ1) is 16.4. The first-order chi connectivity index (χ1) is 9.59. The smallest absolute Gasteiger partial charge is 0.220 e. The molecule has 4 N–H and O–H groups in total. The summed E-state index contributed by atoms with van der Waals surface area (Å²) in [6.45, 7) is -1.56. The number of hydrogen-bond donors (Lipinski definition) is 4. The Morgan fingerprint density at radius 2 is 1.70 bits per heavy atom. The van der Waals surface area contributed by atoms with Gasteiger partial charge < -0.3 is 25.4 Å². The molecular weight excluding hydrogens is 262 g/mol. The Balaban J connectivity index is 2.50. The van der Waals surface area contributed by atoms with Gasteiger partial charge in [-0.05, 0) is 24.1 Å². The molecule has 0 radical (unpaired) electrons. The van der Waals surface area contributed by atoms with Gasteiger partial charge in [-0.3, -0.25) is 4.79 Å². The molecule has 6 nitrogen and oxygen atoms in total. The Labute approximate surface area is 118 Å². The molecule has 0 aromatic heterocycles. The molecule has 0 atom stereocenters. The molecule has 1 amide bonds. The van der Waals surface area contributed by atoms with Gasteiger partial charge in [0.25, 0.3) is 0 Å². The number of aliphatic hydroxyl groups is 3. The van der Waals surface area contributed by atoms with Crippen LogP contribution in [0.5, 0.6) is 5.75 Å². The van der Waals surface area contributed by atoms with Crippen LogP contribution in [0, 0.1) is 0 Å². The number of ether oxygens (including phenoxy) is 1. The Morgan fingerprint density at radius 3 is 2.15 bits per heavy atom. The summed E-state index contributed by atoms with van der Waals surface area (Å²) >= 11 is 0. The van der Waals surface area contributed by atoms with Crippen LogP contribution in [0.25, 0.3) is 0 Å². The number of hydrogen-bond acceptors (Lipinski definition) is 5. The molecule has 1 aromatic carbocycles. The highest BCUT2D eigenvalue weighted by Crippen LogP contribution is 2.12. The van der Waals surface area contributed by atoms with Crippen LogP contribution in [0.1, 0.15) is 12.0 Å². The predicted molar refractivity (Wildman–Crippen MR) is 73.4 cm³/mol. The van der Waals surface area contributed by atoms with Gasteiger partial charge in [0.15, 0.2) is 0 Å². The quantitative estimate of drug-likeness (QED) is 0.513. The number of carbonyl (C=O) groups is 1. The largest absolute Gasteiger partial charge is 0.497 e. The van der Waals surface area contributed by atoms with Crippen molar-refractivity contribution in [1.29, 1.82) is 0 Å². The molecule has 0 aliphatic carbocycles. The number of aliphatic hydroxyl groups excluding tert-OH is 3. The Kier molecular flexibility index (Phi) is 6.44. The summed E-state index contributed by atoms with van der Waals surface area (Å²) in [6, 6.07) is 7.35. The third-order valence-corrected chi connectivity index (χ3v) is 3.11. The lowest BCUT2D eigenvalue weighted by molar-refractivity contribution is -0.125. The van der Waals surface area contributed by atoms with Crippen LogP contribution in [0.15, 0.2) is 24.3 Å². The molecule has 0 unspecified atom stereocenters. The minimum Gasteiger partial charge on any atom is -0.497 e. The Hall–Kier alpha value is -1.63. The van der Waals surface area contributed by atoms with Crippen LogP contribution in [0.2, 0.25) is 0 Å². The molecular formula is C14H21NO5. The van der Waals surface area contributed by atoms with E-state index in [-0.39, 0.29) is 12.3 Å². The van der Waals surface area contributed by atoms with E-state index in [9.17, 15) is 4.79 Å². The highest BCUT2D eigenvalue weighted by Gasteiger charge is 2.29. The summed E-state index contributed by atoms with van der Waals surface area (Å²) in [5.74, 6) is 0.413. The molecule has 0 saturated carbocycles. The number of amides is 1. The molecule has 0 saturated heterocycles. The number of nitrogens with one attached hydrogen (secondary N) is 1. The van der Waals surface area contributed by atoms with Gasteiger partial charge in [-0.25, -0.2) is 0 Å². The summed E-state index contributed by atoms with van der Waals surface area (Å²) < 4.78 is 5.04. The molecule has 0 bridgehead atoms. The fraction of sp³-hybridized carbons (Fsp3) is 0.500. The SMILES string of the molecule is COc1ccc(CCC(=O)NC(CO)(CO)CO)cc1. The van der Waals surface area contributed by atoms with Crippen molar-refractivity contribution in [3.63, 3.8) is 0 Å². The first-order valence-corrected chi connectivity index (χ1v) is 6.35. The van der Waals surface area contributed by atoms with E-state index in [1.54, 1.807) is 7.11 Å². The lowest BCUT2D eigenvalue weighted by Crippen LogP contribution is -2.57. The zero-order valence-corrected chi connectivity index (χ0v) is 11.5. The topological polar surface area (TPSA) is 99.0 Å². The average Bonchev–Trinajstić information content (AvgIpc) is 2.51. The molecule has 6 heteroatoms. The molecule has 0 heterocycles. The van der Waals surface area contributed by atoms with Crippen molar-refractivity contribution in [2.24, 2.45) is 0 Å². The number of methoxy groups -OCH3 is 1. The van der Waals surface area contributed by atoms with Crippen LogP contribution < -0.4 is 10.1 Å². The third-order valence-electron chi connectivity index (χ3n) is 3.11. The Bertz CT molecular complexity index is 406. The van der Waals surface area contributed by atoms with Crippen molar-refractivity contribution in [2.45, 2.75) is 18.4 Å². The minimum atomic E-state index is -1.36. The molecule has 0 fully saturated rings. The summed E-state index contributed by atoms with van der Waals surface area (Å²) in [5.41, 5.74) is -0.389. The van der Waals surface area contributed by atoms with Gasteiger partial charge in [-0.2, -0.15) is 0 Å². The minimum absolute atomic E-state index is 0.202. The standard InChI is InChI=1S/C14H21NO5/c1-20-12-5-2-11(3-6-12)4-7-13(19)15-14(8-16,9-17)10-18/h2-3,5-6,16-18H,4,7-10H2,1H3,(H,15,19). The van der Waals surface area contributed by atoms with E-state index in [1.165, 1.54) is 0 Å². The van der Waals surface area contributed by atoms with Crippen LogP contribution in [-0.2, 0) is 11.2 Å². The fourth-order valence-corrected chi connectivity index (χ4v) is 1.68. The Morgan fingerprint density at radius 1 is 1.15 bits per heavy atom. The molecule has 1 rings (SSSR count). The lowest BCUT2D eigenvalue weighted by Gasteiger charge is -2.28. The molecule has 0 aliphatic heterocycles. The monoisotopic (exact) mass is 283 g/mol. The second-order valence-electron chi connectivity index (χ2n) is 4.65. The first-order valence-electron chi connectivity index (χ1n) is 6.35. The van der Waals surface area contributed by atoms with Crippen LogP contribution in [0.4, 0.5) is 0 Å². The average molecular weight is 283 g/mol. The van der Waals surface area contributed by atoms with E-state index < -0.39 is 25.4 Å². The number of aryl methyl sites for hydroxylation is 1. The highest BCUT2D eigenvalue weighted by atomic mass is 16.5. The van der Waals surface area contributed by atoms with Crippen molar-refractivity contribution in [2.75, 3.05) is 26.9 Å². The van der Waals surface area contributed by atoms with Crippen LogP contribution in [-0.4, -0.2) is 53.7 Å². The molecule has 20 heavy (non-hydrogen) atoms. The van der Waals surface area contributed by atoms with Crippen LogP contribution in [0.3, 0.4) is 0 Å². The number of benzene rings is 1. The van der Waals surface area contributed by atoms with Crippen molar-refractivity contribution in [3.8, 4) is 5.75 Å². The summed E-state index contributed by atoms with van der Waals surface area (Å²) in [4.78, 5) is 11.8. The van der Waals surface area contributed by atoms with Gasteiger partial charge in [-0.1, -0.05) is 12.1 Å². The summed E-state index contributed by atoms with van der Waals surface area (Å²) in [6.07, 6.45) is 0.724. The second-order valence-corrected chi connectivity index (χ2v) is 4.65. The maximum atomic E-state index is 11.8. The van der Waals surface area contributed by atoms with E-state index in [0.717, 1.165) is 11.3 Å². The van der Waals surface area contributed by atoms with Gasteiger partial charge >= 0.3 is 0 Å². The van der Waals surface area contributed by atoms with E-state index >= 15 is 0 Å². The highest BCUT2D eigenvalue weighted by molar-refractivity contribution is 5.77. The van der Waals surface area contributed by atoms with E-state index in [4.69, 9.17) is 20.1 Å². The van der Waals surface area contributed by atoms with Crippen molar-refractivity contribution in [3.05, 3.63) is 29.8 Å². The van der Waals surface area contributed by atoms with Gasteiger partial charge in [0.1, 0.15) is 11.3 Å². The van der Waals surface area contributed by atoms with Gasteiger partial charge in [0.2, 0.25) is 5.91 Å². The molecule has 0 aliphatic rings. The van der Waals surface area contributed by atoms with Gasteiger partial charge in [0.05, 0.1) is 26.9 Å². The van der Waals surface area contributed by atoms with E-state index in [0.29, 0.717) is 6.42 Å². The van der Waals surface area contributed by atoms with E-state index in [1.807, 2.05) is 24.3 Å². The predicted octanol–water partition coefficient (Wildman–Crippen LogP) is -0.540. The fourth-order valence-electron chi connectivity index (χ4n) is 1.68. The van der Waals surface area contributed by atoms with Gasteiger partial charge in [0, 0.05) is 6.42 Å². The zero-order chi connectivity index (χ0) is 15.0. The number of carbonyl (C=O) groups excluding carboxylic acids is 1. The molecule has 0 spiro atoms. The number of rotatable bonds is 8. The molecule has 112 valence electrons. The van der Waals surface area contributed by atoms with E-state index in [2.05, 4.69) is 5.32 Å². The van der Waals surface area contributed by atoms with Gasteiger partial charge in [-0.15, -0.1) is 0 Å². The van der Waals surface area contributed by atoms with Crippen molar-refractivity contribution in [1.82, 2.24) is 5.32 Å². The maximum absolute atomic E-state index is 11.8. The zero-order valence-electron chi connectivity index (χ0n) is 11.5. The maximum Gasteiger partial charge on any atom is 0.220 e. The second kappa shape index (κ2) is 7.84. The summed E-state index contributed by atoms with van der Waals surface area (Å²) in [7, 11) is 1.58. The third kappa shape index (κ3) is 4.48. The van der Waals surface area contributed by atoms with Crippen LogP contribution >= 0.6 is 0 Å². The normalized spacial score (nSPS) is 11.2. The van der Waals surface area contributed by atoms with Crippen molar-refractivity contribution < 1.29 is 24.9 Å². The van der Waals surface area contributed by atoms with Crippen molar-refractivity contribution >= 4 is 5.91 Å². The lowest BCUT2D eigenvalue weighted by atomic mass is 10.0. The molecule has 1 aromatic rings.